The molecule has 0 spiro atoms. The Hall–Kier alpha value is -1.50. The first-order chi connectivity index (χ1) is 11.8. The zero-order valence-corrected chi connectivity index (χ0v) is 14.2. The molecule has 0 aliphatic carbocycles. The summed E-state index contributed by atoms with van der Waals surface area (Å²) < 4.78 is 11.1. The van der Waals surface area contributed by atoms with Gasteiger partial charge in [0, 0.05) is 51.7 Å². The van der Waals surface area contributed by atoms with E-state index < -0.39 is 0 Å². The Balaban J connectivity index is 1.38. The average Bonchev–Trinajstić information content (AvgIpc) is 3.01. The molecule has 0 saturated carbocycles. The lowest BCUT2D eigenvalue weighted by molar-refractivity contribution is -0.137. The molecule has 0 unspecified atom stereocenters. The molecule has 6 heteroatoms. The van der Waals surface area contributed by atoms with Crippen LogP contribution in [0.1, 0.15) is 24.8 Å². The minimum absolute atomic E-state index is 0.0937. The first-order valence-corrected chi connectivity index (χ1v) is 8.89. The second-order valence-electron chi connectivity index (χ2n) is 6.52. The van der Waals surface area contributed by atoms with Crippen LogP contribution in [0.15, 0.2) is 24.5 Å². The number of carbonyl (C=O) groups excluding carboxylic acids is 1. The number of rotatable bonds is 6. The van der Waals surface area contributed by atoms with Gasteiger partial charge >= 0.3 is 0 Å². The van der Waals surface area contributed by atoms with Gasteiger partial charge in [-0.3, -0.25) is 14.7 Å². The van der Waals surface area contributed by atoms with E-state index in [1.165, 1.54) is 5.56 Å². The third kappa shape index (κ3) is 5.26. The van der Waals surface area contributed by atoms with Gasteiger partial charge in [-0.15, -0.1) is 0 Å². The Labute approximate surface area is 143 Å². The molecule has 2 saturated heterocycles. The fourth-order valence-electron chi connectivity index (χ4n) is 3.27. The van der Waals surface area contributed by atoms with Crippen LogP contribution in [-0.2, 0) is 20.8 Å². The molecule has 1 aromatic rings. The zero-order chi connectivity index (χ0) is 16.6. The van der Waals surface area contributed by atoms with Crippen LogP contribution in [0.4, 0.5) is 0 Å². The van der Waals surface area contributed by atoms with Gasteiger partial charge in [-0.25, -0.2) is 0 Å². The maximum absolute atomic E-state index is 12.3. The first-order valence-electron chi connectivity index (χ1n) is 8.89. The second-order valence-corrected chi connectivity index (χ2v) is 6.52. The molecule has 0 radical (unpaired) electrons. The topological polar surface area (TPSA) is 54.9 Å². The number of pyridine rings is 1. The van der Waals surface area contributed by atoms with Crippen molar-refractivity contribution in [2.45, 2.75) is 31.9 Å². The Bertz CT molecular complexity index is 505. The van der Waals surface area contributed by atoms with Gasteiger partial charge in [0.25, 0.3) is 0 Å². The number of hydrogen-bond donors (Lipinski definition) is 0. The summed E-state index contributed by atoms with van der Waals surface area (Å²) in [6.45, 7) is 5.90. The van der Waals surface area contributed by atoms with Crippen molar-refractivity contribution in [1.82, 2.24) is 14.8 Å². The largest absolute Gasteiger partial charge is 0.376 e. The monoisotopic (exact) mass is 333 g/mol. The summed E-state index contributed by atoms with van der Waals surface area (Å²) in [7, 11) is 0. The van der Waals surface area contributed by atoms with Crippen LogP contribution in [0.2, 0.25) is 0 Å². The Morgan fingerprint density at radius 2 is 2.25 bits per heavy atom. The maximum Gasteiger partial charge on any atom is 0.248 e. The summed E-state index contributed by atoms with van der Waals surface area (Å²) in [6, 6.07) is 4.06. The lowest BCUT2D eigenvalue weighted by Crippen LogP contribution is -2.37. The van der Waals surface area contributed by atoms with E-state index in [1.807, 2.05) is 17.2 Å². The van der Waals surface area contributed by atoms with Gasteiger partial charge < -0.3 is 14.4 Å². The predicted molar refractivity (Wildman–Crippen MR) is 90.5 cm³/mol. The van der Waals surface area contributed by atoms with Crippen LogP contribution in [0.25, 0.3) is 0 Å². The molecule has 3 heterocycles. The van der Waals surface area contributed by atoms with Crippen LogP contribution in [0.3, 0.4) is 0 Å². The Morgan fingerprint density at radius 1 is 1.29 bits per heavy atom. The standard InChI is InChI=1S/C18H27N3O3/c22-18(15-23-14-17-5-2-11-24-17)21-8-3-7-20(9-10-21)13-16-4-1-6-19-12-16/h1,4,6,12,17H,2-3,5,7-11,13-15H2/t17-/m0/s1. The van der Waals surface area contributed by atoms with E-state index >= 15 is 0 Å². The van der Waals surface area contributed by atoms with Crippen molar-refractivity contribution < 1.29 is 14.3 Å². The normalized spacial score (nSPS) is 22.5. The molecule has 24 heavy (non-hydrogen) atoms. The molecule has 2 aliphatic heterocycles. The first kappa shape index (κ1) is 17.3. The van der Waals surface area contributed by atoms with E-state index in [1.54, 1.807) is 6.20 Å². The summed E-state index contributed by atoms with van der Waals surface area (Å²) in [5.74, 6) is 0.0937. The zero-order valence-electron chi connectivity index (χ0n) is 14.2. The molecule has 132 valence electrons. The summed E-state index contributed by atoms with van der Waals surface area (Å²) in [5.41, 5.74) is 1.22. The molecule has 1 amide bonds. The van der Waals surface area contributed by atoms with Gasteiger partial charge in [0.2, 0.25) is 5.91 Å². The smallest absolute Gasteiger partial charge is 0.248 e. The molecule has 2 aliphatic rings. The molecular weight excluding hydrogens is 306 g/mol. The quantitative estimate of drug-likeness (QED) is 0.786. The molecule has 0 aromatic carbocycles. The van der Waals surface area contributed by atoms with Crippen LogP contribution in [-0.4, -0.2) is 72.8 Å². The number of nitrogens with zero attached hydrogens (tertiary/aromatic N) is 3. The lowest BCUT2D eigenvalue weighted by atomic mass is 10.2. The molecule has 1 atom stereocenters. The molecule has 6 nitrogen and oxygen atoms in total. The van der Waals surface area contributed by atoms with Gasteiger partial charge in [-0.2, -0.15) is 0 Å². The van der Waals surface area contributed by atoms with Gasteiger partial charge in [0.15, 0.2) is 0 Å². The van der Waals surface area contributed by atoms with Crippen molar-refractivity contribution in [3.8, 4) is 0 Å². The lowest BCUT2D eigenvalue weighted by Gasteiger charge is -2.22. The minimum atomic E-state index is 0.0937. The van der Waals surface area contributed by atoms with E-state index in [0.29, 0.717) is 6.61 Å². The SMILES string of the molecule is O=C(COC[C@@H]1CCCO1)N1CCCN(Cc2cccnc2)CC1. The highest BCUT2D eigenvalue weighted by Crippen LogP contribution is 2.12. The molecule has 2 fully saturated rings. The van der Waals surface area contributed by atoms with Gasteiger partial charge in [0.1, 0.15) is 6.61 Å². The van der Waals surface area contributed by atoms with Crippen molar-refractivity contribution >= 4 is 5.91 Å². The van der Waals surface area contributed by atoms with Crippen LogP contribution in [0.5, 0.6) is 0 Å². The number of amides is 1. The number of carbonyl (C=O) groups is 1. The number of aromatic nitrogens is 1. The van der Waals surface area contributed by atoms with Gasteiger partial charge in [-0.1, -0.05) is 6.07 Å². The molecule has 3 rings (SSSR count). The minimum Gasteiger partial charge on any atom is -0.376 e. The average molecular weight is 333 g/mol. The molecule has 0 N–H and O–H groups in total. The fraction of sp³-hybridized carbons (Fsp3) is 0.667. The molecule has 0 bridgehead atoms. The fourth-order valence-corrected chi connectivity index (χ4v) is 3.27. The molecule has 1 aromatic heterocycles. The predicted octanol–water partition coefficient (Wildman–Crippen LogP) is 1.31. The van der Waals surface area contributed by atoms with E-state index in [-0.39, 0.29) is 18.6 Å². The molecular formula is C18H27N3O3. The second kappa shape index (κ2) is 9.11. The van der Waals surface area contributed by atoms with Crippen molar-refractivity contribution in [3.63, 3.8) is 0 Å². The third-order valence-electron chi connectivity index (χ3n) is 4.62. The highest BCUT2D eigenvalue weighted by atomic mass is 16.5. The van der Waals surface area contributed by atoms with Crippen LogP contribution >= 0.6 is 0 Å². The van der Waals surface area contributed by atoms with Crippen molar-refractivity contribution in [3.05, 3.63) is 30.1 Å². The summed E-state index contributed by atoms with van der Waals surface area (Å²) in [6.07, 6.45) is 7.02. The van der Waals surface area contributed by atoms with Crippen molar-refractivity contribution in [2.75, 3.05) is 46.0 Å². The summed E-state index contributed by atoms with van der Waals surface area (Å²) >= 11 is 0. The Morgan fingerprint density at radius 3 is 3.04 bits per heavy atom. The highest BCUT2D eigenvalue weighted by Gasteiger charge is 2.20. The summed E-state index contributed by atoms with van der Waals surface area (Å²) in [4.78, 5) is 20.8. The van der Waals surface area contributed by atoms with E-state index in [0.717, 1.165) is 58.6 Å². The van der Waals surface area contributed by atoms with Crippen molar-refractivity contribution in [2.24, 2.45) is 0 Å². The van der Waals surface area contributed by atoms with Crippen LogP contribution in [0, 0.1) is 0 Å². The van der Waals surface area contributed by atoms with E-state index in [2.05, 4.69) is 16.0 Å². The van der Waals surface area contributed by atoms with Gasteiger partial charge in [0.05, 0.1) is 12.7 Å². The van der Waals surface area contributed by atoms with Crippen molar-refractivity contribution in [1.29, 1.82) is 0 Å². The van der Waals surface area contributed by atoms with E-state index in [4.69, 9.17) is 9.47 Å². The highest BCUT2D eigenvalue weighted by molar-refractivity contribution is 5.77. The van der Waals surface area contributed by atoms with Crippen LogP contribution < -0.4 is 0 Å². The Kier molecular flexibility index (Phi) is 6.57. The maximum atomic E-state index is 12.3. The summed E-state index contributed by atoms with van der Waals surface area (Å²) in [5, 5.41) is 0. The van der Waals surface area contributed by atoms with E-state index in [9.17, 15) is 4.79 Å². The number of hydrogen-bond acceptors (Lipinski definition) is 5. The third-order valence-corrected chi connectivity index (χ3v) is 4.62. The van der Waals surface area contributed by atoms with Gasteiger partial charge in [-0.05, 0) is 30.9 Å². The number of ether oxygens (including phenoxy) is 2.